The molecule has 2 aliphatic carbocycles. The molecule has 0 aliphatic heterocycles. The van der Waals surface area contributed by atoms with Gasteiger partial charge in [0.15, 0.2) is 0 Å². The summed E-state index contributed by atoms with van der Waals surface area (Å²) in [5.74, 6) is 2.58. The second-order valence-electron chi connectivity index (χ2n) is 5.92. The zero-order valence-electron chi connectivity index (χ0n) is 11.3. The van der Waals surface area contributed by atoms with Crippen LogP contribution in [0.2, 0.25) is 5.28 Å². The molecule has 0 N–H and O–H groups in total. The van der Waals surface area contributed by atoms with Crippen molar-refractivity contribution in [2.24, 2.45) is 17.8 Å². The first-order valence-electron chi connectivity index (χ1n) is 6.92. The fourth-order valence-electron chi connectivity index (χ4n) is 3.79. The number of nitro groups is 1. The zero-order valence-corrected chi connectivity index (χ0v) is 12.1. The number of anilines is 1. The minimum Gasteiger partial charge on any atom is -0.354 e. The summed E-state index contributed by atoms with van der Waals surface area (Å²) in [5.41, 5.74) is -0.0833. The van der Waals surface area contributed by atoms with Crippen molar-refractivity contribution in [1.29, 1.82) is 0 Å². The Morgan fingerprint density at radius 1 is 1.50 bits per heavy atom. The van der Waals surface area contributed by atoms with Gasteiger partial charge in [0.2, 0.25) is 11.1 Å². The second kappa shape index (κ2) is 5.16. The molecule has 3 unspecified atom stereocenters. The van der Waals surface area contributed by atoms with Crippen LogP contribution in [0.5, 0.6) is 0 Å². The van der Waals surface area contributed by atoms with Crippen LogP contribution in [-0.4, -0.2) is 28.5 Å². The predicted octanol–water partition coefficient (Wildman–Crippen LogP) is 2.91. The van der Waals surface area contributed by atoms with Crippen molar-refractivity contribution in [2.75, 3.05) is 18.5 Å². The quantitative estimate of drug-likeness (QED) is 0.485. The Morgan fingerprint density at radius 2 is 2.30 bits per heavy atom. The van der Waals surface area contributed by atoms with Gasteiger partial charge in [-0.3, -0.25) is 10.1 Å². The Morgan fingerprint density at radius 3 is 2.90 bits per heavy atom. The summed E-state index contributed by atoms with van der Waals surface area (Å²) >= 11 is 5.77. The van der Waals surface area contributed by atoms with Gasteiger partial charge in [-0.15, -0.1) is 0 Å². The van der Waals surface area contributed by atoms with E-state index >= 15 is 0 Å². The number of nitrogens with zero attached hydrogens (tertiary/aromatic N) is 4. The largest absolute Gasteiger partial charge is 0.354 e. The third-order valence-corrected chi connectivity index (χ3v) is 4.85. The Hall–Kier alpha value is -1.43. The Balaban J connectivity index is 1.78. The zero-order chi connectivity index (χ0) is 14.3. The summed E-state index contributed by atoms with van der Waals surface area (Å²) in [6.07, 6.45) is 6.40. The van der Waals surface area contributed by atoms with E-state index in [-0.39, 0.29) is 11.0 Å². The first-order valence-corrected chi connectivity index (χ1v) is 7.30. The standard InChI is InChI=1S/C13H17ClN4O2/c1-17(7-10-5-8-2-3-9(10)4-8)12-11(18(19)20)6-15-13(14)16-12/h6,8-10H,2-5,7H2,1H3. The van der Waals surface area contributed by atoms with Crippen molar-refractivity contribution < 1.29 is 4.92 Å². The smallest absolute Gasteiger partial charge is 0.329 e. The van der Waals surface area contributed by atoms with Crippen molar-refractivity contribution in [3.63, 3.8) is 0 Å². The summed E-state index contributed by atoms with van der Waals surface area (Å²) < 4.78 is 0. The molecule has 0 spiro atoms. The third kappa shape index (κ3) is 2.44. The first-order chi connectivity index (χ1) is 9.54. The number of hydrogen-bond donors (Lipinski definition) is 0. The number of aromatic nitrogens is 2. The highest BCUT2D eigenvalue weighted by Crippen LogP contribution is 2.48. The van der Waals surface area contributed by atoms with E-state index in [4.69, 9.17) is 11.6 Å². The molecule has 0 aromatic carbocycles. The molecular formula is C13H17ClN4O2. The van der Waals surface area contributed by atoms with Gasteiger partial charge in [0.05, 0.1) is 4.92 Å². The molecule has 0 radical (unpaired) electrons. The summed E-state index contributed by atoms with van der Waals surface area (Å²) in [5, 5.41) is 11.1. The molecule has 7 heteroatoms. The highest BCUT2D eigenvalue weighted by atomic mass is 35.5. The van der Waals surface area contributed by atoms with E-state index in [0.717, 1.165) is 18.4 Å². The monoisotopic (exact) mass is 296 g/mol. The fourth-order valence-corrected chi connectivity index (χ4v) is 3.92. The predicted molar refractivity (Wildman–Crippen MR) is 75.9 cm³/mol. The van der Waals surface area contributed by atoms with Crippen LogP contribution in [0.3, 0.4) is 0 Å². The van der Waals surface area contributed by atoms with E-state index in [1.807, 2.05) is 11.9 Å². The summed E-state index contributed by atoms with van der Waals surface area (Å²) in [6.45, 7) is 0.801. The Labute approximate surface area is 122 Å². The van der Waals surface area contributed by atoms with Crippen molar-refractivity contribution in [1.82, 2.24) is 9.97 Å². The molecule has 2 aliphatic rings. The molecule has 2 saturated carbocycles. The van der Waals surface area contributed by atoms with Crippen LogP contribution in [-0.2, 0) is 0 Å². The number of fused-ring (bicyclic) bond motifs is 2. The first kappa shape index (κ1) is 13.5. The summed E-state index contributed by atoms with van der Waals surface area (Å²) in [7, 11) is 1.84. The van der Waals surface area contributed by atoms with Crippen LogP contribution in [0.25, 0.3) is 0 Å². The molecule has 6 nitrogen and oxygen atoms in total. The van der Waals surface area contributed by atoms with Gasteiger partial charge in [0, 0.05) is 13.6 Å². The molecule has 20 heavy (non-hydrogen) atoms. The third-order valence-electron chi connectivity index (χ3n) is 4.67. The van der Waals surface area contributed by atoms with Gasteiger partial charge < -0.3 is 4.90 Å². The number of halogens is 1. The molecule has 1 aromatic heterocycles. The molecule has 2 bridgehead atoms. The second-order valence-corrected chi connectivity index (χ2v) is 6.26. The van der Waals surface area contributed by atoms with Crippen molar-refractivity contribution in [2.45, 2.75) is 25.7 Å². The van der Waals surface area contributed by atoms with Crippen LogP contribution in [0.15, 0.2) is 6.20 Å². The highest BCUT2D eigenvalue weighted by molar-refractivity contribution is 6.28. The Bertz CT molecular complexity index is 539. The maximum absolute atomic E-state index is 11.1. The van der Waals surface area contributed by atoms with Gasteiger partial charge in [-0.05, 0) is 48.6 Å². The topological polar surface area (TPSA) is 72.2 Å². The van der Waals surface area contributed by atoms with E-state index < -0.39 is 4.92 Å². The van der Waals surface area contributed by atoms with E-state index in [2.05, 4.69) is 9.97 Å². The highest BCUT2D eigenvalue weighted by Gasteiger charge is 2.40. The van der Waals surface area contributed by atoms with Crippen LogP contribution in [0.1, 0.15) is 25.7 Å². The van der Waals surface area contributed by atoms with Crippen LogP contribution in [0.4, 0.5) is 11.5 Å². The minimum absolute atomic E-state index is 0.0467. The molecule has 1 aromatic rings. The van der Waals surface area contributed by atoms with Gasteiger partial charge in [-0.2, -0.15) is 4.98 Å². The van der Waals surface area contributed by atoms with E-state index in [1.165, 1.54) is 31.9 Å². The average Bonchev–Trinajstić information content (AvgIpc) is 3.00. The molecule has 3 rings (SSSR count). The number of hydrogen-bond acceptors (Lipinski definition) is 5. The maximum Gasteiger partial charge on any atom is 0.329 e. The van der Waals surface area contributed by atoms with Gasteiger partial charge >= 0.3 is 5.69 Å². The van der Waals surface area contributed by atoms with Crippen LogP contribution < -0.4 is 4.90 Å². The fraction of sp³-hybridized carbons (Fsp3) is 0.692. The SMILES string of the molecule is CN(CC1CC2CCC1C2)c1nc(Cl)ncc1[N+](=O)[O-]. The van der Waals surface area contributed by atoms with Gasteiger partial charge in [-0.1, -0.05) is 6.42 Å². The van der Waals surface area contributed by atoms with Crippen molar-refractivity contribution in [3.05, 3.63) is 21.6 Å². The molecule has 1 heterocycles. The number of rotatable bonds is 4. The minimum atomic E-state index is -0.455. The lowest BCUT2D eigenvalue weighted by Gasteiger charge is -2.27. The van der Waals surface area contributed by atoms with Gasteiger partial charge in [0.25, 0.3) is 0 Å². The summed E-state index contributed by atoms with van der Waals surface area (Å²) in [4.78, 5) is 20.2. The van der Waals surface area contributed by atoms with Gasteiger partial charge in [-0.25, -0.2) is 4.98 Å². The molecule has 2 fully saturated rings. The van der Waals surface area contributed by atoms with E-state index in [1.54, 1.807) is 0 Å². The lowest BCUT2D eigenvalue weighted by Crippen LogP contribution is -2.29. The maximum atomic E-state index is 11.1. The molecule has 108 valence electrons. The van der Waals surface area contributed by atoms with Crippen molar-refractivity contribution >= 4 is 23.1 Å². The van der Waals surface area contributed by atoms with Crippen LogP contribution >= 0.6 is 11.6 Å². The van der Waals surface area contributed by atoms with E-state index in [0.29, 0.717) is 11.7 Å². The lowest BCUT2D eigenvalue weighted by molar-refractivity contribution is -0.384. The van der Waals surface area contributed by atoms with Crippen molar-refractivity contribution in [3.8, 4) is 0 Å². The molecule has 0 amide bonds. The normalized spacial score (nSPS) is 27.8. The Kier molecular flexibility index (Phi) is 3.50. The van der Waals surface area contributed by atoms with Gasteiger partial charge in [0.1, 0.15) is 6.20 Å². The summed E-state index contributed by atoms with van der Waals surface area (Å²) in [6, 6.07) is 0. The molecular weight excluding hydrogens is 280 g/mol. The van der Waals surface area contributed by atoms with E-state index in [9.17, 15) is 10.1 Å². The molecule has 3 atom stereocenters. The lowest BCUT2D eigenvalue weighted by atomic mass is 9.88. The van der Waals surface area contributed by atoms with Crippen LogP contribution in [0, 0.1) is 27.9 Å². The molecule has 0 saturated heterocycles. The average molecular weight is 297 g/mol.